The smallest absolute Gasteiger partial charge is 0.325 e. The maximum atomic E-state index is 12.9. The fraction of sp³-hybridized carbons (Fsp3) is 0.609. The van der Waals surface area contributed by atoms with Gasteiger partial charge in [-0.05, 0) is 62.0 Å². The van der Waals surface area contributed by atoms with Crippen LogP contribution in [0.3, 0.4) is 0 Å². The van der Waals surface area contributed by atoms with Crippen LogP contribution in [0.4, 0.5) is 4.79 Å². The summed E-state index contributed by atoms with van der Waals surface area (Å²) < 4.78 is 0. The van der Waals surface area contributed by atoms with Crippen LogP contribution in [0.1, 0.15) is 70.5 Å². The Hall–Kier alpha value is -2.37. The highest BCUT2D eigenvalue weighted by molar-refractivity contribution is 6.09. The standard InChI is InChI=1S/C23H33N3O3/c1-15(2)13-18-5-7-19(8-6-18)17(4)24-20(27)14-26-21(28)23(25-22(26)29)11-9-16(3)10-12-23/h5-8,15-17H,9-14H2,1-4H3,(H,24,27)(H,25,29)/t16?,17-,23?/m0/s1. The Kier molecular flexibility index (Phi) is 6.30. The molecule has 0 bridgehead atoms. The van der Waals surface area contributed by atoms with Gasteiger partial charge in [0.05, 0.1) is 6.04 Å². The first kappa shape index (κ1) is 21.3. The van der Waals surface area contributed by atoms with Crippen molar-refractivity contribution < 1.29 is 14.4 Å². The van der Waals surface area contributed by atoms with Crippen molar-refractivity contribution in [3.05, 3.63) is 35.4 Å². The van der Waals surface area contributed by atoms with Crippen LogP contribution < -0.4 is 10.6 Å². The summed E-state index contributed by atoms with van der Waals surface area (Å²) in [5.74, 6) is 0.581. The highest BCUT2D eigenvalue weighted by Crippen LogP contribution is 2.36. The van der Waals surface area contributed by atoms with Crippen LogP contribution in [-0.2, 0) is 16.0 Å². The van der Waals surface area contributed by atoms with Gasteiger partial charge in [-0.2, -0.15) is 0 Å². The average Bonchev–Trinajstić information content (AvgIpc) is 2.88. The average molecular weight is 400 g/mol. The molecule has 4 amide bonds. The van der Waals surface area contributed by atoms with Crippen LogP contribution in [0, 0.1) is 11.8 Å². The third-order valence-electron chi connectivity index (χ3n) is 6.18. The molecule has 2 N–H and O–H groups in total. The second kappa shape index (κ2) is 8.56. The molecule has 6 nitrogen and oxygen atoms in total. The van der Waals surface area contributed by atoms with Gasteiger partial charge in [0.15, 0.2) is 0 Å². The number of amides is 4. The number of urea groups is 1. The summed E-state index contributed by atoms with van der Waals surface area (Å²) in [6.45, 7) is 8.20. The number of carbonyl (C=O) groups is 3. The Morgan fingerprint density at radius 2 is 1.79 bits per heavy atom. The molecule has 3 rings (SSSR count). The summed E-state index contributed by atoms with van der Waals surface area (Å²) in [6.07, 6.45) is 4.14. The zero-order chi connectivity index (χ0) is 21.2. The molecule has 158 valence electrons. The molecule has 1 saturated heterocycles. The summed E-state index contributed by atoms with van der Waals surface area (Å²) in [5.41, 5.74) is 1.47. The van der Waals surface area contributed by atoms with Crippen LogP contribution in [0.25, 0.3) is 0 Å². The monoisotopic (exact) mass is 399 g/mol. The molecular weight excluding hydrogens is 366 g/mol. The summed E-state index contributed by atoms with van der Waals surface area (Å²) in [6, 6.07) is 7.57. The van der Waals surface area contributed by atoms with Gasteiger partial charge in [-0.3, -0.25) is 14.5 Å². The van der Waals surface area contributed by atoms with Gasteiger partial charge in [0, 0.05) is 0 Å². The first-order valence-electron chi connectivity index (χ1n) is 10.7. The molecule has 1 aromatic rings. The lowest BCUT2D eigenvalue weighted by Crippen LogP contribution is -2.50. The Bertz CT molecular complexity index is 764. The molecule has 1 aromatic carbocycles. The molecule has 1 aliphatic carbocycles. The molecule has 1 spiro atoms. The highest BCUT2D eigenvalue weighted by atomic mass is 16.2. The predicted octanol–water partition coefficient (Wildman–Crippen LogP) is 3.56. The van der Waals surface area contributed by atoms with E-state index in [2.05, 4.69) is 43.5 Å². The molecule has 1 saturated carbocycles. The number of hydrogen-bond acceptors (Lipinski definition) is 3. The van der Waals surface area contributed by atoms with E-state index in [-0.39, 0.29) is 24.4 Å². The van der Waals surface area contributed by atoms with Crippen molar-refractivity contribution in [2.24, 2.45) is 11.8 Å². The Balaban J connectivity index is 1.57. The largest absolute Gasteiger partial charge is 0.348 e. The van der Waals surface area contributed by atoms with Crippen molar-refractivity contribution in [3.63, 3.8) is 0 Å². The van der Waals surface area contributed by atoms with Crippen LogP contribution >= 0.6 is 0 Å². The van der Waals surface area contributed by atoms with E-state index in [9.17, 15) is 14.4 Å². The van der Waals surface area contributed by atoms with E-state index in [0.29, 0.717) is 24.7 Å². The van der Waals surface area contributed by atoms with Gasteiger partial charge >= 0.3 is 6.03 Å². The van der Waals surface area contributed by atoms with Gasteiger partial charge in [-0.1, -0.05) is 45.0 Å². The number of benzene rings is 1. The summed E-state index contributed by atoms with van der Waals surface area (Å²) in [5, 5.41) is 5.77. The normalized spacial score (nSPS) is 25.4. The zero-order valence-corrected chi connectivity index (χ0v) is 18.0. The molecule has 0 aromatic heterocycles. The van der Waals surface area contributed by atoms with Crippen LogP contribution in [-0.4, -0.2) is 34.8 Å². The molecule has 2 aliphatic rings. The molecular formula is C23H33N3O3. The maximum Gasteiger partial charge on any atom is 0.325 e. The van der Waals surface area contributed by atoms with E-state index in [1.54, 1.807) is 0 Å². The first-order valence-corrected chi connectivity index (χ1v) is 10.7. The maximum absolute atomic E-state index is 12.9. The van der Waals surface area contributed by atoms with Crippen LogP contribution in [0.5, 0.6) is 0 Å². The van der Waals surface area contributed by atoms with Gasteiger partial charge in [-0.25, -0.2) is 4.79 Å². The SMILES string of the molecule is CC(C)Cc1ccc([C@H](C)NC(=O)CN2C(=O)NC3(CCC(C)CC3)C2=O)cc1. The van der Waals surface area contributed by atoms with E-state index in [4.69, 9.17) is 0 Å². The van der Waals surface area contributed by atoms with Gasteiger partial charge in [0.2, 0.25) is 5.91 Å². The molecule has 0 radical (unpaired) electrons. The van der Waals surface area contributed by atoms with Gasteiger partial charge < -0.3 is 10.6 Å². The number of hydrogen-bond donors (Lipinski definition) is 2. The van der Waals surface area contributed by atoms with Crippen molar-refractivity contribution in [1.82, 2.24) is 15.5 Å². The van der Waals surface area contributed by atoms with E-state index in [1.807, 2.05) is 19.1 Å². The third kappa shape index (κ3) is 4.80. The Morgan fingerprint density at radius 1 is 1.17 bits per heavy atom. The number of nitrogens with one attached hydrogen (secondary N) is 2. The lowest BCUT2D eigenvalue weighted by Gasteiger charge is -2.33. The quantitative estimate of drug-likeness (QED) is 0.718. The second-order valence-electron chi connectivity index (χ2n) is 9.21. The molecule has 6 heteroatoms. The van der Waals surface area contributed by atoms with Gasteiger partial charge in [0.1, 0.15) is 12.1 Å². The van der Waals surface area contributed by atoms with Crippen molar-refractivity contribution in [2.75, 3.05) is 6.54 Å². The van der Waals surface area contributed by atoms with E-state index >= 15 is 0 Å². The number of rotatable bonds is 6. The fourth-order valence-electron chi connectivity index (χ4n) is 4.34. The second-order valence-corrected chi connectivity index (χ2v) is 9.21. The molecule has 1 aliphatic heterocycles. The van der Waals surface area contributed by atoms with Gasteiger partial charge in [0.25, 0.3) is 5.91 Å². The minimum absolute atomic E-state index is 0.194. The third-order valence-corrected chi connectivity index (χ3v) is 6.18. The van der Waals surface area contributed by atoms with E-state index in [1.165, 1.54) is 5.56 Å². The molecule has 1 heterocycles. The number of nitrogens with zero attached hydrogens (tertiary/aromatic N) is 1. The van der Waals surface area contributed by atoms with Crippen LogP contribution in [0.15, 0.2) is 24.3 Å². The molecule has 0 unspecified atom stereocenters. The van der Waals surface area contributed by atoms with Crippen molar-refractivity contribution >= 4 is 17.8 Å². The molecule has 29 heavy (non-hydrogen) atoms. The van der Waals surface area contributed by atoms with Crippen molar-refractivity contribution in [2.45, 2.75) is 71.4 Å². The summed E-state index contributed by atoms with van der Waals surface area (Å²) in [7, 11) is 0. The Morgan fingerprint density at radius 3 is 2.38 bits per heavy atom. The Labute approximate surface area is 173 Å². The van der Waals surface area contributed by atoms with E-state index < -0.39 is 11.6 Å². The zero-order valence-electron chi connectivity index (χ0n) is 18.0. The lowest BCUT2D eigenvalue weighted by atomic mass is 9.77. The topological polar surface area (TPSA) is 78.5 Å². The van der Waals surface area contributed by atoms with Crippen molar-refractivity contribution in [3.8, 4) is 0 Å². The van der Waals surface area contributed by atoms with E-state index in [0.717, 1.165) is 29.7 Å². The number of imide groups is 1. The van der Waals surface area contributed by atoms with Crippen LogP contribution in [0.2, 0.25) is 0 Å². The first-order chi connectivity index (χ1) is 13.7. The summed E-state index contributed by atoms with van der Waals surface area (Å²) >= 11 is 0. The number of carbonyl (C=O) groups excluding carboxylic acids is 3. The highest BCUT2D eigenvalue weighted by Gasteiger charge is 2.52. The lowest BCUT2D eigenvalue weighted by molar-refractivity contribution is -0.136. The molecule has 2 fully saturated rings. The minimum atomic E-state index is -0.804. The minimum Gasteiger partial charge on any atom is -0.348 e. The fourth-order valence-corrected chi connectivity index (χ4v) is 4.34. The van der Waals surface area contributed by atoms with Crippen molar-refractivity contribution in [1.29, 1.82) is 0 Å². The summed E-state index contributed by atoms with van der Waals surface area (Å²) in [4.78, 5) is 38.8. The van der Waals surface area contributed by atoms with Gasteiger partial charge in [-0.15, -0.1) is 0 Å². The molecule has 1 atom stereocenters. The predicted molar refractivity (Wildman–Crippen MR) is 112 cm³/mol.